The van der Waals surface area contributed by atoms with Crippen LogP contribution in [0.2, 0.25) is 0 Å². The number of carbonyl (C=O) groups excluding carboxylic acids is 2. The van der Waals surface area contributed by atoms with Crippen LogP contribution in [-0.2, 0) is 14.4 Å². The van der Waals surface area contributed by atoms with Crippen LogP contribution in [0.4, 0.5) is 0 Å². The van der Waals surface area contributed by atoms with Crippen LogP contribution >= 0.6 is 0 Å². The van der Waals surface area contributed by atoms with Crippen molar-refractivity contribution in [2.45, 2.75) is 250 Å². The van der Waals surface area contributed by atoms with Crippen molar-refractivity contribution in [3.63, 3.8) is 0 Å². The van der Waals surface area contributed by atoms with Gasteiger partial charge in [0, 0.05) is 25.9 Å². The highest BCUT2D eigenvalue weighted by Gasteiger charge is 2.19. The summed E-state index contributed by atoms with van der Waals surface area (Å²) < 4.78 is 0. The van der Waals surface area contributed by atoms with Gasteiger partial charge in [0.25, 0.3) is 0 Å². The number of aliphatic carboxylic acids is 1. The molecule has 314 valence electrons. The number of hydrogen-bond acceptors (Lipinski definition) is 6. The molecule has 0 bridgehead atoms. The summed E-state index contributed by atoms with van der Waals surface area (Å²) in [5, 5.41) is 28.4. The number of carboxylic acid groups (broad SMARTS) is 1. The van der Waals surface area contributed by atoms with E-state index in [1.54, 1.807) is 0 Å². The molecule has 0 spiro atoms. The summed E-state index contributed by atoms with van der Waals surface area (Å²) >= 11 is 0. The first-order valence-corrected chi connectivity index (χ1v) is 22.8. The minimum absolute atomic E-state index is 0.0492. The second kappa shape index (κ2) is 40.0. The predicted octanol–water partition coefficient (Wildman–Crippen LogP) is 10.2. The van der Waals surface area contributed by atoms with Gasteiger partial charge in [-0.3, -0.25) is 19.7 Å². The highest BCUT2D eigenvalue weighted by molar-refractivity contribution is 5.82. The quantitative estimate of drug-likeness (QED) is 0.0268. The standard InChI is InChI=1S/C44H88N4O5/c1-3-5-7-9-11-13-15-17-19-21-23-25-27-29-31-33-41(49)46-37-39(38-47-44(53)40(45)35-36-43(51)52)48-42(50)34-32-30-28-26-24-22-20-18-16-14-12-10-8-6-4-2/h39-41,46,49H,3-38,45H2,1-2H3,(H,47,53)(H,48,50)(H,51,52). The highest BCUT2D eigenvalue weighted by Crippen LogP contribution is 2.15. The maximum atomic E-state index is 12.8. The third-order valence-electron chi connectivity index (χ3n) is 10.6. The average molecular weight is 753 g/mol. The second-order valence-electron chi connectivity index (χ2n) is 15.9. The lowest BCUT2D eigenvalue weighted by Crippen LogP contribution is -2.52. The Kier molecular flexibility index (Phi) is 38.7. The molecule has 3 unspecified atom stereocenters. The van der Waals surface area contributed by atoms with E-state index < -0.39 is 30.2 Å². The number of unbranched alkanes of at least 4 members (excludes halogenated alkanes) is 28. The zero-order chi connectivity index (χ0) is 39.0. The third-order valence-corrected chi connectivity index (χ3v) is 10.6. The minimum Gasteiger partial charge on any atom is -0.481 e. The Hall–Kier alpha value is -1.71. The van der Waals surface area contributed by atoms with Gasteiger partial charge in [-0.15, -0.1) is 0 Å². The molecule has 0 aromatic heterocycles. The topological polar surface area (TPSA) is 154 Å². The molecule has 0 rings (SSSR count). The van der Waals surface area contributed by atoms with E-state index in [0.29, 0.717) is 19.4 Å². The van der Waals surface area contributed by atoms with E-state index in [0.717, 1.165) is 32.1 Å². The fraction of sp³-hybridized carbons (Fsp3) is 0.932. The minimum atomic E-state index is -0.996. The molecule has 0 radical (unpaired) electrons. The van der Waals surface area contributed by atoms with Crippen LogP contribution in [0.15, 0.2) is 0 Å². The zero-order valence-electron chi connectivity index (χ0n) is 34.9. The average Bonchev–Trinajstić information content (AvgIpc) is 3.14. The number of carbonyl (C=O) groups is 3. The molecular weight excluding hydrogens is 665 g/mol. The molecule has 0 aromatic carbocycles. The van der Waals surface area contributed by atoms with Gasteiger partial charge in [-0.2, -0.15) is 0 Å². The van der Waals surface area contributed by atoms with Gasteiger partial charge in [0.15, 0.2) is 0 Å². The largest absolute Gasteiger partial charge is 0.481 e. The van der Waals surface area contributed by atoms with Crippen molar-refractivity contribution in [3.8, 4) is 0 Å². The number of nitrogens with two attached hydrogens (primary N) is 1. The molecule has 0 saturated carbocycles. The Morgan fingerprint density at radius 1 is 0.509 bits per heavy atom. The molecule has 3 atom stereocenters. The lowest BCUT2D eigenvalue weighted by molar-refractivity contribution is -0.137. The maximum Gasteiger partial charge on any atom is 0.303 e. The molecule has 0 aliphatic heterocycles. The molecule has 9 nitrogen and oxygen atoms in total. The summed E-state index contributed by atoms with van der Waals surface area (Å²) in [6.07, 6.45) is 38.9. The first-order valence-electron chi connectivity index (χ1n) is 22.8. The Morgan fingerprint density at radius 2 is 0.887 bits per heavy atom. The van der Waals surface area contributed by atoms with Crippen molar-refractivity contribution in [1.29, 1.82) is 0 Å². The lowest BCUT2D eigenvalue weighted by Gasteiger charge is -2.23. The predicted molar refractivity (Wildman–Crippen MR) is 223 cm³/mol. The molecule has 0 aliphatic rings. The maximum absolute atomic E-state index is 12.8. The molecular formula is C44H88N4O5. The molecule has 0 saturated heterocycles. The van der Waals surface area contributed by atoms with Crippen LogP contribution in [0, 0.1) is 0 Å². The van der Waals surface area contributed by atoms with Crippen LogP contribution in [0.1, 0.15) is 232 Å². The van der Waals surface area contributed by atoms with Crippen molar-refractivity contribution in [2.75, 3.05) is 13.1 Å². The van der Waals surface area contributed by atoms with Gasteiger partial charge in [0.05, 0.1) is 12.1 Å². The highest BCUT2D eigenvalue weighted by atomic mass is 16.4. The van der Waals surface area contributed by atoms with E-state index in [2.05, 4.69) is 29.8 Å². The summed E-state index contributed by atoms with van der Waals surface area (Å²) in [5.74, 6) is -1.50. The van der Waals surface area contributed by atoms with Crippen molar-refractivity contribution in [2.24, 2.45) is 5.73 Å². The van der Waals surface area contributed by atoms with Crippen molar-refractivity contribution < 1.29 is 24.6 Å². The van der Waals surface area contributed by atoms with Crippen molar-refractivity contribution in [1.82, 2.24) is 16.0 Å². The number of nitrogens with one attached hydrogen (secondary N) is 3. The Bertz CT molecular complexity index is 830. The molecule has 9 heteroatoms. The summed E-state index contributed by atoms with van der Waals surface area (Å²) in [6, 6.07) is -1.34. The summed E-state index contributed by atoms with van der Waals surface area (Å²) in [5.41, 5.74) is 5.87. The van der Waals surface area contributed by atoms with E-state index >= 15 is 0 Å². The van der Waals surface area contributed by atoms with Crippen LogP contribution in [0.25, 0.3) is 0 Å². The number of hydrogen-bond donors (Lipinski definition) is 6. The summed E-state index contributed by atoms with van der Waals surface area (Å²) in [6.45, 7) is 5.00. The smallest absolute Gasteiger partial charge is 0.303 e. The van der Waals surface area contributed by atoms with Crippen LogP contribution in [0.3, 0.4) is 0 Å². The summed E-state index contributed by atoms with van der Waals surface area (Å²) in [7, 11) is 0. The van der Waals surface area contributed by atoms with E-state index in [-0.39, 0.29) is 25.3 Å². The number of amides is 2. The van der Waals surface area contributed by atoms with Gasteiger partial charge < -0.3 is 26.6 Å². The molecule has 0 aromatic rings. The Morgan fingerprint density at radius 3 is 1.28 bits per heavy atom. The molecule has 0 fully saturated rings. The summed E-state index contributed by atoms with van der Waals surface area (Å²) in [4.78, 5) is 36.2. The first-order chi connectivity index (χ1) is 25.8. The zero-order valence-corrected chi connectivity index (χ0v) is 34.9. The number of carboxylic acids is 1. The normalized spacial score (nSPS) is 13.1. The van der Waals surface area contributed by atoms with E-state index in [9.17, 15) is 19.5 Å². The monoisotopic (exact) mass is 753 g/mol. The Balaban J connectivity index is 4.22. The van der Waals surface area contributed by atoms with Gasteiger partial charge in [0.2, 0.25) is 11.8 Å². The van der Waals surface area contributed by atoms with Gasteiger partial charge in [0.1, 0.15) is 6.23 Å². The fourth-order valence-corrected chi connectivity index (χ4v) is 6.99. The molecule has 7 N–H and O–H groups in total. The van der Waals surface area contributed by atoms with Crippen LogP contribution < -0.4 is 21.7 Å². The number of aliphatic hydroxyl groups excluding tert-OH is 1. The van der Waals surface area contributed by atoms with Crippen molar-refractivity contribution in [3.05, 3.63) is 0 Å². The van der Waals surface area contributed by atoms with E-state index in [1.165, 1.54) is 161 Å². The van der Waals surface area contributed by atoms with Gasteiger partial charge >= 0.3 is 5.97 Å². The third kappa shape index (κ3) is 38.4. The second-order valence-corrected chi connectivity index (χ2v) is 15.9. The first kappa shape index (κ1) is 51.3. The fourth-order valence-electron chi connectivity index (χ4n) is 6.99. The van der Waals surface area contributed by atoms with Gasteiger partial charge in [-0.1, -0.05) is 194 Å². The van der Waals surface area contributed by atoms with E-state index in [1.807, 2.05) is 0 Å². The molecule has 53 heavy (non-hydrogen) atoms. The van der Waals surface area contributed by atoms with Crippen LogP contribution in [0.5, 0.6) is 0 Å². The van der Waals surface area contributed by atoms with Gasteiger partial charge in [-0.25, -0.2) is 0 Å². The SMILES string of the molecule is CCCCCCCCCCCCCCCCCC(=O)NC(CNC(=O)C(N)CCC(=O)O)CNC(O)CCCCCCCCCCCCCCCCC. The molecule has 0 aliphatic carbocycles. The van der Waals surface area contributed by atoms with Crippen molar-refractivity contribution >= 4 is 17.8 Å². The van der Waals surface area contributed by atoms with E-state index in [4.69, 9.17) is 10.8 Å². The molecule has 2 amide bonds. The lowest BCUT2D eigenvalue weighted by atomic mass is 10.0. The number of aliphatic hydroxyl groups is 1. The van der Waals surface area contributed by atoms with Gasteiger partial charge in [-0.05, 0) is 25.7 Å². The molecule has 0 heterocycles. The number of rotatable bonds is 42. The Labute approximate surface area is 326 Å². The van der Waals surface area contributed by atoms with Crippen LogP contribution in [-0.4, -0.2) is 59.4 Å².